The molecule has 0 aromatic carbocycles. The molecule has 1 aliphatic heterocycles. The minimum absolute atomic E-state index is 0.0351. The van der Waals surface area contributed by atoms with Crippen LogP contribution in [0.3, 0.4) is 0 Å². The third kappa shape index (κ3) is 1.55. The van der Waals surface area contributed by atoms with Crippen LogP contribution in [0.4, 0.5) is 0 Å². The van der Waals surface area contributed by atoms with Crippen molar-refractivity contribution in [3.05, 3.63) is 0 Å². The Bertz CT molecular complexity index is 193. The van der Waals surface area contributed by atoms with Crippen LogP contribution in [0, 0.1) is 5.92 Å². The summed E-state index contributed by atoms with van der Waals surface area (Å²) in [5.74, 6) is 0.507. The number of rotatable bonds is 2. The van der Waals surface area contributed by atoms with Crippen LogP contribution in [0.2, 0.25) is 25.2 Å². The summed E-state index contributed by atoms with van der Waals surface area (Å²) in [7, 11) is -1.34. The van der Waals surface area contributed by atoms with Gasteiger partial charge in [0.25, 0.3) is 0 Å². The molecule has 0 N–H and O–H groups in total. The Kier molecular flexibility index (Phi) is 2.34. The molecule has 2 unspecified atom stereocenters. The molecule has 2 atom stereocenters. The maximum Gasteiger partial charge on any atom is 0.310 e. The van der Waals surface area contributed by atoms with Gasteiger partial charge in [0.05, 0.1) is 13.6 Å². The third-order valence-electron chi connectivity index (χ3n) is 2.42. The first-order chi connectivity index (χ1) is 5.34. The van der Waals surface area contributed by atoms with Gasteiger partial charge in [-0.2, -0.15) is 0 Å². The van der Waals surface area contributed by atoms with Crippen LogP contribution in [0.25, 0.3) is 0 Å². The zero-order valence-corrected chi connectivity index (χ0v) is 9.55. The molecule has 0 aromatic heterocycles. The lowest BCUT2D eigenvalue weighted by atomic mass is 9.99. The lowest BCUT2D eigenvalue weighted by Crippen LogP contribution is -2.54. The smallest absolute Gasteiger partial charge is 0.310 e. The number of cyclic esters (lactones) is 1. The minimum Gasteiger partial charge on any atom is -0.461 e. The predicted octanol–water partition coefficient (Wildman–Crippen LogP) is 2.28. The van der Waals surface area contributed by atoms with Crippen LogP contribution in [-0.4, -0.2) is 20.1 Å². The van der Waals surface area contributed by atoms with Gasteiger partial charge in [-0.05, 0) is 5.92 Å². The van der Waals surface area contributed by atoms with E-state index in [-0.39, 0.29) is 17.6 Å². The first kappa shape index (κ1) is 9.77. The molecular weight excluding hydrogens is 168 g/mol. The van der Waals surface area contributed by atoms with Crippen LogP contribution in [0.1, 0.15) is 13.8 Å². The van der Waals surface area contributed by atoms with Crippen LogP contribution >= 0.6 is 0 Å². The molecule has 0 spiro atoms. The fourth-order valence-electron chi connectivity index (χ4n) is 1.70. The van der Waals surface area contributed by atoms with Gasteiger partial charge in [0, 0.05) is 0 Å². The van der Waals surface area contributed by atoms with Gasteiger partial charge in [0.2, 0.25) is 0 Å². The van der Waals surface area contributed by atoms with Crippen molar-refractivity contribution in [1.82, 2.24) is 0 Å². The van der Waals surface area contributed by atoms with E-state index in [0.29, 0.717) is 5.92 Å². The summed E-state index contributed by atoms with van der Waals surface area (Å²) in [5, 5.41) is 0. The number of ether oxygens (including phenoxy) is 1. The van der Waals surface area contributed by atoms with Gasteiger partial charge >= 0.3 is 5.97 Å². The van der Waals surface area contributed by atoms with E-state index in [1.807, 2.05) is 0 Å². The molecule has 0 saturated carbocycles. The van der Waals surface area contributed by atoms with Crippen molar-refractivity contribution in [3.63, 3.8) is 0 Å². The molecule has 0 amide bonds. The maximum atomic E-state index is 11.2. The maximum absolute atomic E-state index is 11.2. The van der Waals surface area contributed by atoms with Crippen molar-refractivity contribution in [2.75, 3.05) is 0 Å². The average Bonchev–Trinajstić information content (AvgIpc) is 1.77. The van der Waals surface area contributed by atoms with Gasteiger partial charge in [-0.1, -0.05) is 33.5 Å². The molecule has 0 aromatic rings. The Labute approximate surface area is 75.3 Å². The highest BCUT2D eigenvalue weighted by Crippen LogP contribution is 2.40. The molecule has 2 nitrogen and oxygen atoms in total. The molecule has 70 valence electrons. The van der Waals surface area contributed by atoms with Crippen molar-refractivity contribution in [1.29, 1.82) is 0 Å². The Balaban J connectivity index is 2.69. The van der Waals surface area contributed by atoms with Gasteiger partial charge in [-0.15, -0.1) is 0 Å². The van der Waals surface area contributed by atoms with E-state index in [1.54, 1.807) is 0 Å². The Morgan fingerprint density at radius 1 is 1.33 bits per heavy atom. The number of hydrogen-bond acceptors (Lipinski definition) is 2. The van der Waals surface area contributed by atoms with E-state index in [0.717, 1.165) is 0 Å². The SMILES string of the molecule is CC(C)C1OC(=O)C1[Si](C)(C)C. The van der Waals surface area contributed by atoms with Gasteiger partial charge in [0.1, 0.15) is 6.10 Å². The van der Waals surface area contributed by atoms with Crippen LogP contribution in [0.5, 0.6) is 0 Å². The van der Waals surface area contributed by atoms with Crippen molar-refractivity contribution in [2.24, 2.45) is 5.92 Å². The lowest BCUT2D eigenvalue weighted by molar-refractivity contribution is -0.173. The summed E-state index contributed by atoms with van der Waals surface area (Å²) in [4.78, 5) is 11.2. The van der Waals surface area contributed by atoms with E-state index < -0.39 is 8.07 Å². The quantitative estimate of drug-likeness (QED) is 0.488. The second-order valence-electron chi connectivity index (χ2n) is 4.99. The monoisotopic (exact) mass is 186 g/mol. The van der Waals surface area contributed by atoms with Crippen LogP contribution in [0.15, 0.2) is 0 Å². The van der Waals surface area contributed by atoms with Gasteiger partial charge in [-0.25, -0.2) is 0 Å². The number of esters is 1. The number of carbonyl (C=O) groups excluding carboxylic acids is 1. The summed E-state index contributed by atoms with van der Waals surface area (Å²) >= 11 is 0. The Morgan fingerprint density at radius 3 is 2.00 bits per heavy atom. The number of carbonyl (C=O) groups is 1. The van der Waals surface area contributed by atoms with Crippen LogP contribution < -0.4 is 0 Å². The lowest BCUT2D eigenvalue weighted by Gasteiger charge is -2.44. The van der Waals surface area contributed by atoms with Crippen molar-refractivity contribution >= 4 is 14.0 Å². The second-order valence-corrected chi connectivity index (χ2v) is 10.3. The highest BCUT2D eigenvalue weighted by Gasteiger charge is 2.51. The highest BCUT2D eigenvalue weighted by atomic mass is 28.3. The van der Waals surface area contributed by atoms with Gasteiger partial charge in [0.15, 0.2) is 0 Å². The fourth-order valence-corrected chi connectivity index (χ4v) is 3.92. The van der Waals surface area contributed by atoms with Gasteiger partial charge in [-0.3, -0.25) is 4.79 Å². The van der Waals surface area contributed by atoms with Gasteiger partial charge < -0.3 is 4.74 Å². The van der Waals surface area contributed by atoms with E-state index in [9.17, 15) is 4.79 Å². The predicted molar refractivity (Wildman–Crippen MR) is 51.8 cm³/mol. The highest BCUT2D eigenvalue weighted by molar-refractivity contribution is 6.81. The summed E-state index contributed by atoms with van der Waals surface area (Å²) in [6.45, 7) is 10.9. The van der Waals surface area contributed by atoms with E-state index in [4.69, 9.17) is 4.74 Å². The Morgan fingerprint density at radius 2 is 1.83 bits per heavy atom. The molecule has 1 heterocycles. The third-order valence-corrected chi connectivity index (χ3v) is 4.86. The summed E-state index contributed by atoms with van der Waals surface area (Å²) in [6.07, 6.45) is 0.198. The summed E-state index contributed by atoms with van der Waals surface area (Å²) in [6, 6.07) is 0. The van der Waals surface area contributed by atoms with Crippen LogP contribution in [-0.2, 0) is 9.53 Å². The van der Waals surface area contributed by atoms with E-state index in [1.165, 1.54) is 0 Å². The topological polar surface area (TPSA) is 26.3 Å². The molecule has 0 radical (unpaired) electrons. The second kappa shape index (κ2) is 2.87. The molecule has 3 heteroatoms. The molecule has 1 fully saturated rings. The fraction of sp³-hybridized carbons (Fsp3) is 0.889. The minimum atomic E-state index is -1.34. The standard InChI is InChI=1S/C9H18O2Si/c1-6(2)7-8(9(10)11-7)12(3,4)5/h6-8H,1-5H3. The molecular formula is C9H18O2Si. The summed E-state index contributed by atoms with van der Waals surface area (Å²) < 4.78 is 5.14. The molecule has 1 rings (SSSR count). The molecule has 0 bridgehead atoms. The summed E-state index contributed by atoms with van der Waals surface area (Å²) in [5.41, 5.74) is 0.234. The van der Waals surface area contributed by atoms with E-state index >= 15 is 0 Å². The number of hydrogen-bond donors (Lipinski definition) is 0. The zero-order valence-electron chi connectivity index (χ0n) is 8.55. The molecule has 1 saturated heterocycles. The molecule has 12 heavy (non-hydrogen) atoms. The zero-order chi connectivity index (χ0) is 9.52. The van der Waals surface area contributed by atoms with Crippen molar-refractivity contribution in [3.8, 4) is 0 Å². The van der Waals surface area contributed by atoms with Crippen molar-refractivity contribution in [2.45, 2.75) is 45.1 Å². The Hall–Kier alpha value is -0.313. The van der Waals surface area contributed by atoms with E-state index in [2.05, 4.69) is 33.5 Å². The normalized spacial score (nSPS) is 30.0. The first-order valence-electron chi connectivity index (χ1n) is 4.54. The molecule has 1 aliphatic rings. The van der Waals surface area contributed by atoms with Crippen molar-refractivity contribution < 1.29 is 9.53 Å². The largest absolute Gasteiger partial charge is 0.461 e. The molecule has 0 aliphatic carbocycles. The average molecular weight is 186 g/mol. The first-order valence-corrected chi connectivity index (χ1v) is 8.12.